The second kappa shape index (κ2) is 9.99. The fourth-order valence-electron chi connectivity index (χ4n) is 2.53. The van der Waals surface area contributed by atoms with Gasteiger partial charge in [-0.25, -0.2) is 9.18 Å². The Morgan fingerprint density at radius 3 is 2.76 bits per heavy atom. The Hall–Kier alpha value is -2.14. The number of hydrogen-bond donors (Lipinski definition) is 0. The molecular formula is C20H25FO4. The second-order valence-electron chi connectivity index (χ2n) is 5.86. The molecule has 1 heterocycles. The number of fused-ring (bicyclic) bond motifs is 1. The van der Waals surface area contributed by atoms with Crippen LogP contribution in [0.4, 0.5) is 4.39 Å². The first-order valence-electron chi connectivity index (χ1n) is 8.74. The monoisotopic (exact) mass is 348 g/mol. The highest BCUT2D eigenvalue weighted by atomic mass is 19.1. The molecule has 0 bridgehead atoms. The van der Waals surface area contributed by atoms with E-state index in [1.54, 1.807) is 18.2 Å². The average Bonchev–Trinajstić information content (AvgIpc) is 2.59. The number of allylic oxidation sites excluding steroid dienone is 1. The van der Waals surface area contributed by atoms with Crippen molar-refractivity contribution in [3.05, 3.63) is 52.9 Å². The molecule has 2 rings (SSSR count). The number of ether oxygens (including phenoxy) is 2. The molecule has 0 spiro atoms. The first-order valence-corrected chi connectivity index (χ1v) is 8.74. The molecule has 2 aromatic rings. The van der Waals surface area contributed by atoms with Gasteiger partial charge in [-0.15, -0.1) is 6.58 Å². The van der Waals surface area contributed by atoms with E-state index in [1.807, 2.05) is 0 Å². The summed E-state index contributed by atoms with van der Waals surface area (Å²) in [5.41, 5.74) is -0.698. The molecule has 0 saturated carbocycles. The van der Waals surface area contributed by atoms with Crippen molar-refractivity contribution >= 4 is 10.8 Å². The van der Waals surface area contributed by atoms with Crippen molar-refractivity contribution in [3.8, 4) is 5.75 Å². The zero-order valence-electron chi connectivity index (χ0n) is 14.7. The maximum atomic E-state index is 14.5. The quantitative estimate of drug-likeness (QED) is 0.438. The summed E-state index contributed by atoms with van der Waals surface area (Å²) in [5, 5.41) is 0.415. The van der Waals surface area contributed by atoms with Crippen LogP contribution in [-0.2, 0) is 11.2 Å². The maximum Gasteiger partial charge on any atom is 0.346 e. The molecule has 0 aliphatic rings. The van der Waals surface area contributed by atoms with Gasteiger partial charge in [0.25, 0.3) is 0 Å². The van der Waals surface area contributed by atoms with Crippen molar-refractivity contribution in [3.63, 3.8) is 0 Å². The van der Waals surface area contributed by atoms with Gasteiger partial charge in [-0.05, 0) is 23.9 Å². The lowest BCUT2D eigenvalue weighted by Crippen LogP contribution is -2.08. The van der Waals surface area contributed by atoms with Crippen molar-refractivity contribution < 1.29 is 18.3 Å². The number of benzene rings is 1. The molecule has 1 aromatic heterocycles. The number of hydrogen-bond acceptors (Lipinski definition) is 4. The number of halogens is 1. The second-order valence-corrected chi connectivity index (χ2v) is 5.86. The summed E-state index contributed by atoms with van der Waals surface area (Å²) in [7, 11) is 0. The summed E-state index contributed by atoms with van der Waals surface area (Å²) in [6, 6.07) is 4.85. The van der Waals surface area contributed by atoms with Crippen LogP contribution in [0.1, 0.15) is 38.4 Å². The Balaban J connectivity index is 1.95. The van der Waals surface area contributed by atoms with E-state index in [-0.39, 0.29) is 11.1 Å². The fraction of sp³-hybridized carbons (Fsp3) is 0.450. The normalized spacial score (nSPS) is 11.0. The third kappa shape index (κ3) is 5.43. The summed E-state index contributed by atoms with van der Waals surface area (Å²) in [4.78, 5) is 12.0. The first kappa shape index (κ1) is 19.2. The zero-order valence-corrected chi connectivity index (χ0v) is 14.7. The van der Waals surface area contributed by atoms with Crippen LogP contribution >= 0.6 is 0 Å². The highest BCUT2D eigenvalue weighted by molar-refractivity contribution is 5.83. The Labute approximate surface area is 147 Å². The molecule has 136 valence electrons. The summed E-state index contributed by atoms with van der Waals surface area (Å²) >= 11 is 0. The molecule has 0 atom stereocenters. The van der Waals surface area contributed by atoms with E-state index in [9.17, 15) is 9.18 Å². The third-order valence-corrected chi connectivity index (χ3v) is 3.81. The molecule has 0 radical (unpaired) electrons. The third-order valence-electron chi connectivity index (χ3n) is 3.81. The van der Waals surface area contributed by atoms with E-state index < -0.39 is 11.4 Å². The maximum absolute atomic E-state index is 14.5. The molecule has 4 nitrogen and oxygen atoms in total. The minimum atomic E-state index is -0.698. The van der Waals surface area contributed by atoms with E-state index in [0.717, 1.165) is 25.9 Å². The van der Waals surface area contributed by atoms with Gasteiger partial charge in [0.1, 0.15) is 11.1 Å². The fourth-order valence-corrected chi connectivity index (χ4v) is 2.53. The van der Waals surface area contributed by atoms with Crippen LogP contribution < -0.4 is 10.4 Å². The standard InChI is InChI=1S/C20H25FO4/c1-3-5-6-11-23-12-7-13-24-17-10-9-15-14-16(8-4-2)25-20(22)18(15)19(17)21/h4,9-10,14H,2-3,5-8,11-13H2,1H3. The molecule has 5 heteroatoms. The summed E-state index contributed by atoms with van der Waals surface area (Å²) in [6.07, 6.45) is 6.09. The lowest BCUT2D eigenvalue weighted by atomic mass is 10.1. The molecule has 0 aliphatic heterocycles. The molecule has 0 amide bonds. The van der Waals surface area contributed by atoms with Gasteiger partial charge < -0.3 is 13.9 Å². The summed E-state index contributed by atoms with van der Waals surface area (Å²) < 4.78 is 30.6. The Morgan fingerprint density at radius 2 is 2.00 bits per heavy atom. The number of unbranched alkanes of at least 4 members (excludes halogenated alkanes) is 2. The van der Waals surface area contributed by atoms with Crippen molar-refractivity contribution in [2.24, 2.45) is 0 Å². The van der Waals surface area contributed by atoms with Gasteiger partial charge in [0.15, 0.2) is 11.6 Å². The van der Waals surface area contributed by atoms with Crippen LogP contribution in [0.5, 0.6) is 5.75 Å². The highest BCUT2D eigenvalue weighted by Crippen LogP contribution is 2.25. The van der Waals surface area contributed by atoms with E-state index in [4.69, 9.17) is 13.9 Å². The zero-order chi connectivity index (χ0) is 18.1. The van der Waals surface area contributed by atoms with Crippen molar-refractivity contribution in [2.75, 3.05) is 19.8 Å². The van der Waals surface area contributed by atoms with Crippen LogP contribution in [0.2, 0.25) is 0 Å². The molecule has 1 aromatic carbocycles. The molecule has 0 saturated heterocycles. The van der Waals surface area contributed by atoms with Crippen LogP contribution in [0.3, 0.4) is 0 Å². The highest BCUT2D eigenvalue weighted by Gasteiger charge is 2.14. The molecule has 0 N–H and O–H groups in total. The van der Waals surface area contributed by atoms with Gasteiger partial charge in [-0.1, -0.05) is 31.9 Å². The van der Waals surface area contributed by atoms with Gasteiger partial charge in [0.2, 0.25) is 0 Å². The van der Waals surface area contributed by atoms with Gasteiger partial charge in [0, 0.05) is 26.1 Å². The number of rotatable bonds is 11. The molecular weight excluding hydrogens is 323 g/mol. The average molecular weight is 348 g/mol. The van der Waals surface area contributed by atoms with Gasteiger partial charge >= 0.3 is 5.63 Å². The minimum absolute atomic E-state index is 0.0576. The first-order chi connectivity index (χ1) is 12.2. The van der Waals surface area contributed by atoms with Crippen LogP contribution in [0.15, 0.2) is 40.1 Å². The van der Waals surface area contributed by atoms with Crippen molar-refractivity contribution in [2.45, 2.75) is 39.0 Å². The van der Waals surface area contributed by atoms with E-state index in [0.29, 0.717) is 37.2 Å². The van der Waals surface area contributed by atoms with Crippen LogP contribution in [-0.4, -0.2) is 19.8 Å². The smallest absolute Gasteiger partial charge is 0.346 e. The molecule has 25 heavy (non-hydrogen) atoms. The Bertz CT molecular complexity index is 751. The van der Waals surface area contributed by atoms with Crippen LogP contribution in [0, 0.1) is 5.82 Å². The van der Waals surface area contributed by atoms with Gasteiger partial charge in [-0.2, -0.15) is 0 Å². The molecule has 0 fully saturated rings. The molecule has 0 unspecified atom stereocenters. The SMILES string of the molecule is C=CCc1cc2ccc(OCCCOCCCCC)c(F)c2c(=O)o1. The predicted molar refractivity (Wildman–Crippen MR) is 96.8 cm³/mol. The lowest BCUT2D eigenvalue weighted by molar-refractivity contribution is 0.115. The van der Waals surface area contributed by atoms with Crippen molar-refractivity contribution in [1.82, 2.24) is 0 Å². The van der Waals surface area contributed by atoms with E-state index in [2.05, 4.69) is 13.5 Å². The molecule has 0 aliphatic carbocycles. The van der Waals surface area contributed by atoms with Crippen molar-refractivity contribution in [1.29, 1.82) is 0 Å². The van der Waals surface area contributed by atoms with Gasteiger partial charge in [-0.3, -0.25) is 0 Å². The van der Waals surface area contributed by atoms with Crippen LogP contribution in [0.25, 0.3) is 10.8 Å². The summed E-state index contributed by atoms with van der Waals surface area (Å²) in [5.74, 6) is -0.164. The topological polar surface area (TPSA) is 48.7 Å². The lowest BCUT2D eigenvalue weighted by Gasteiger charge is -2.09. The Kier molecular flexibility index (Phi) is 7.67. The minimum Gasteiger partial charge on any atom is -0.490 e. The predicted octanol–water partition coefficient (Wildman–Crippen LogP) is 4.64. The van der Waals surface area contributed by atoms with E-state index in [1.165, 1.54) is 6.07 Å². The summed E-state index contributed by atoms with van der Waals surface area (Å²) in [6.45, 7) is 7.39. The van der Waals surface area contributed by atoms with Gasteiger partial charge in [0.05, 0.1) is 6.61 Å². The largest absolute Gasteiger partial charge is 0.490 e. The van der Waals surface area contributed by atoms with E-state index >= 15 is 0 Å². The Morgan fingerprint density at radius 1 is 1.20 bits per heavy atom.